The van der Waals surface area contributed by atoms with Gasteiger partial charge in [0.25, 0.3) is 0 Å². The van der Waals surface area contributed by atoms with Crippen molar-refractivity contribution in [2.24, 2.45) is 5.41 Å². The van der Waals surface area contributed by atoms with Crippen LogP contribution in [0.3, 0.4) is 0 Å². The van der Waals surface area contributed by atoms with Crippen LogP contribution in [0, 0.1) is 5.41 Å². The summed E-state index contributed by atoms with van der Waals surface area (Å²) in [7, 11) is 0. The van der Waals surface area contributed by atoms with Gasteiger partial charge < -0.3 is 4.74 Å². The van der Waals surface area contributed by atoms with E-state index in [0.717, 1.165) is 11.4 Å². The Morgan fingerprint density at radius 1 is 1.25 bits per heavy atom. The average Bonchev–Trinajstić information content (AvgIpc) is 2.90. The van der Waals surface area contributed by atoms with E-state index in [1.54, 1.807) is 0 Å². The van der Waals surface area contributed by atoms with Crippen LogP contribution in [0.15, 0.2) is 24.3 Å². The van der Waals surface area contributed by atoms with E-state index in [-0.39, 0.29) is 5.60 Å². The lowest BCUT2D eigenvalue weighted by Crippen LogP contribution is -2.18. The Kier molecular flexibility index (Phi) is 2.15. The average molecular weight is 237 g/mol. The maximum absolute atomic E-state index is 5.96. The number of epoxide rings is 1. The molecule has 0 bridgehead atoms. The first-order chi connectivity index (χ1) is 7.52. The monoisotopic (exact) mass is 236 g/mol. The van der Waals surface area contributed by atoms with Gasteiger partial charge in [-0.3, -0.25) is 0 Å². The largest absolute Gasteiger partial charge is 0.365 e. The molecule has 0 radical (unpaired) electrons. The van der Waals surface area contributed by atoms with E-state index < -0.39 is 0 Å². The summed E-state index contributed by atoms with van der Waals surface area (Å²) in [6.07, 6.45) is 3.99. The van der Waals surface area contributed by atoms with Crippen molar-refractivity contribution in [1.29, 1.82) is 0 Å². The highest BCUT2D eigenvalue weighted by Gasteiger charge is 2.66. The van der Waals surface area contributed by atoms with Crippen LogP contribution in [-0.4, -0.2) is 11.7 Å². The Balaban J connectivity index is 1.76. The van der Waals surface area contributed by atoms with Crippen LogP contribution in [0.25, 0.3) is 0 Å². The minimum atomic E-state index is 0.150. The standard InChI is InChI=1S/C14H17ClO/c1-13(2)7-8-14(12(13)16-14)9-10-3-5-11(15)6-4-10/h3-6,12H,7-9H2,1-2H3/t12?,14-/m1/s1. The van der Waals surface area contributed by atoms with E-state index in [4.69, 9.17) is 16.3 Å². The van der Waals surface area contributed by atoms with Crippen molar-refractivity contribution in [3.8, 4) is 0 Å². The minimum Gasteiger partial charge on any atom is -0.365 e. The summed E-state index contributed by atoms with van der Waals surface area (Å²) in [6, 6.07) is 8.15. The van der Waals surface area contributed by atoms with Gasteiger partial charge in [0.2, 0.25) is 0 Å². The van der Waals surface area contributed by atoms with E-state index in [0.29, 0.717) is 11.5 Å². The lowest BCUT2D eigenvalue weighted by molar-refractivity contribution is 0.172. The van der Waals surface area contributed by atoms with Gasteiger partial charge in [-0.1, -0.05) is 37.6 Å². The molecular formula is C14H17ClO. The molecule has 2 fully saturated rings. The number of fused-ring (bicyclic) bond motifs is 1. The molecule has 2 aliphatic rings. The van der Waals surface area contributed by atoms with Gasteiger partial charge in [-0.25, -0.2) is 0 Å². The van der Waals surface area contributed by atoms with Crippen molar-refractivity contribution in [2.45, 2.75) is 44.8 Å². The second kappa shape index (κ2) is 3.24. The molecule has 1 heterocycles. The van der Waals surface area contributed by atoms with Crippen molar-refractivity contribution in [3.05, 3.63) is 34.9 Å². The molecule has 1 aromatic carbocycles. The topological polar surface area (TPSA) is 12.5 Å². The van der Waals surface area contributed by atoms with Crippen LogP contribution in [-0.2, 0) is 11.2 Å². The summed E-state index contributed by atoms with van der Waals surface area (Å²) in [5, 5.41) is 0.807. The quantitative estimate of drug-likeness (QED) is 0.711. The third-order valence-electron chi connectivity index (χ3n) is 4.09. The number of rotatable bonds is 2. The Bertz CT molecular complexity index is 409. The predicted octanol–water partition coefficient (Wildman–Crippen LogP) is 3.84. The molecule has 0 spiro atoms. The number of hydrogen-bond acceptors (Lipinski definition) is 1. The minimum absolute atomic E-state index is 0.150. The van der Waals surface area contributed by atoms with Crippen LogP contribution in [0.5, 0.6) is 0 Å². The Morgan fingerprint density at radius 2 is 1.94 bits per heavy atom. The summed E-state index contributed by atoms with van der Waals surface area (Å²) < 4.78 is 5.96. The Hall–Kier alpha value is -0.530. The van der Waals surface area contributed by atoms with E-state index in [1.165, 1.54) is 18.4 Å². The van der Waals surface area contributed by atoms with E-state index in [1.807, 2.05) is 12.1 Å². The predicted molar refractivity (Wildman–Crippen MR) is 65.8 cm³/mol. The highest BCUT2D eigenvalue weighted by Crippen LogP contribution is 2.60. The first-order valence-electron chi connectivity index (χ1n) is 5.94. The molecule has 1 saturated heterocycles. The van der Waals surface area contributed by atoms with E-state index in [9.17, 15) is 0 Å². The molecule has 0 N–H and O–H groups in total. The summed E-state index contributed by atoms with van der Waals surface area (Å²) in [4.78, 5) is 0. The summed E-state index contributed by atoms with van der Waals surface area (Å²) in [6.45, 7) is 4.63. The molecule has 1 aliphatic heterocycles. The number of hydrogen-bond donors (Lipinski definition) is 0. The fourth-order valence-electron chi connectivity index (χ4n) is 3.10. The molecule has 0 amide bonds. The molecule has 1 aliphatic carbocycles. The molecular weight excluding hydrogens is 220 g/mol. The molecule has 1 saturated carbocycles. The van der Waals surface area contributed by atoms with Gasteiger partial charge in [0, 0.05) is 11.4 Å². The molecule has 3 rings (SSSR count). The number of benzene rings is 1. The highest BCUT2D eigenvalue weighted by atomic mass is 35.5. The zero-order chi connectivity index (χ0) is 11.4. The van der Waals surface area contributed by atoms with Gasteiger partial charge in [0.05, 0.1) is 11.7 Å². The summed E-state index contributed by atoms with van der Waals surface area (Å²) in [5.41, 5.74) is 1.86. The zero-order valence-electron chi connectivity index (χ0n) is 9.79. The third kappa shape index (κ3) is 1.57. The van der Waals surface area contributed by atoms with Crippen molar-refractivity contribution >= 4 is 11.6 Å². The van der Waals surface area contributed by atoms with Gasteiger partial charge in [-0.2, -0.15) is 0 Å². The second-order valence-electron chi connectivity index (χ2n) is 5.85. The van der Waals surface area contributed by atoms with Gasteiger partial charge >= 0.3 is 0 Å². The molecule has 86 valence electrons. The van der Waals surface area contributed by atoms with Crippen LogP contribution >= 0.6 is 11.6 Å². The molecule has 1 nitrogen and oxygen atoms in total. The normalized spacial score (nSPS) is 34.8. The van der Waals surface area contributed by atoms with Gasteiger partial charge in [0.15, 0.2) is 0 Å². The van der Waals surface area contributed by atoms with Gasteiger partial charge in [-0.15, -0.1) is 0 Å². The molecule has 16 heavy (non-hydrogen) atoms. The van der Waals surface area contributed by atoms with Crippen LogP contribution < -0.4 is 0 Å². The summed E-state index contributed by atoms with van der Waals surface area (Å²) >= 11 is 5.89. The van der Waals surface area contributed by atoms with Gasteiger partial charge in [0.1, 0.15) is 0 Å². The molecule has 1 aromatic rings. The van der Waals surface area contributed by atoms with Crippen molar-refractivity contribution in [3.63, 3.8) is 0 Å². The van der Waals surface area contributed by atoms with Crippen molar-refractivity contribution in [2.75, 3.05) is 0 Å². The first kappa shape index (κ1) is 10.6. The zero-order valence-corrected chi connectivity index (χ0v) is 10.6. The maximum Gasteiger partial charge on any atom is 0.0994 e. The lowest BCUT2D eigenvalue weighted by Gasteiger charge is -2.16. The second-order valence-corrected chi connectivity index (χ2v) is 6.29. The highest BCUT2D eigenvalue weighted by molar-refractivity contribution is 6.30. The molecule has 1 unspecified atom stereocenters. The fraction of sp³-hybridized carbons (Fsp3) is 0.571. The Labute approximate surface area is 102 Å². The van der Waals surface area contributed by atoms with Crippen molar-refractivity contribution < 1.29 is 4.74 Å². The van der Waals surface area contributed by atoms with Crippen LogP contribution in [0.4, 0.5) is 0 Å². The van der Waals surface area contributed by atoms with E-state index >= 15 is 0 Å². The first-order valence-corrected chi connectivity index (χ1v) is 6.32. The maximum atomic E-state index is 5.96. The number of ether oxygens (including phenoxy) is 1. The third-order valence-corrected chi connectivity index (χ3v) is 4.34. The van der Waals surface area contributed by atoms with E-state index in [2.05, 4.69) is 26.0 Å². The summed E-state index contributed by atoms with van der Waals surface area (Å²) in [5.74, 6) is 0. The Morgan fingerprint density at radius 3 is 2.44 bits per heavy atom. The molecule has 2 heteroatoms. The smallest absolute Gasteiger partial charge is 0.0994 e. The SMILES string of the molecule is CC1(C)CC[C@]2(Cc3ccc(Cl)cc3)OC12. The fourth-order valence-corrected chi connectivity index (χ4v) is 3.22. The molecule has 2 atom stereocenters. The van der Waals surface area contributed by atoms with Crippen LogP contribution in [0.2, 0.25) is 5.02 Å². The number of halogens is 1. The molecule has 0 aromatic heterocycles. The van der Waals surface area contributed by atoms with Crippen molar-refractivity contribution in [1.82, 2.24) is 0 Å². The van der Waals surface area contributed by atoms with Crippen LogP contribution in [0.1, 0.15) is 32.3 Å². The lowest BCUT2D eigenvalue weighted by atomic mass is 9.89. The van der Waals surface area contributed by atoms with Gasteiger partial charge in [-0.05, 0) is 36.0 Å².